The summed E-state index contributed by atoms with van der Waals surface area (Å²) in [5, 5.41) is 1.08. The highest BCUT2D eigenvalue weighted by molar-refractivity contribution is 5.92. The Kier molecular flexibility index (Phi) is 3.88. The van der Waals surface area contributed by atoms with Crippen LogP contribution in [0.4, 0.5) is 5.69 Å². The van der Waals surface area contributed by atoms with Gasteiger partial charge in [-0.05, 0) is 49.6 Å². The van der Waals surface area contributed by atoms with E-state index in [-0.39, 0.29) is 0 Å². The number of benzene rings is 1. The molecule has 3 rings (SSSR count). The van der Waals surface area contributed by atoms with Crippen molar-refractivity contribution in [2.45, 2.75) is 45.2 Å². The lowest BCUT2D eigenvalue weighted by molar-refractivity contribution is 0.251. The zero-order chi connectivity index (χ0) is 13.9. The molecule has 1 aliphatic rings. The predicted molar refractivity (Wildman–Crippen MR) is 84.5 cm³/mol. The van der Waals surface area contributed by atoms with Crippen LogP contribution < -0.4 is 5.73 Å². The van der Waals surface area contributed by atoms with Crippen LogP contribution in [0, 0.1) is 0 Å². The molecular formula is C17H23N3. The summed E-state index contributed by atoms with van der Waals surface area (Å²) in [7, 11) is 0. The molecule has 3 nitrogen and oxygen atoms in total. The van der Waals surface area contributed by atoms with Gasteiger partial charge >= 0.3 is 0 Å². The Morgan fingerprint density at radius 1 is 1.30 bits per heavy atom. The molecule has 1 aromatic carbocycles. The third kappa shape index (κ3) is 2.78. The topological polar surface area (TPSA) is 42.1 Å². The second kappa shape index (κ2) is 5.80. The number of pyridine rings is 1. The van der Waals surface area contributed by atoms with Crippen molar-refractivity contribution in [2.24, 2.45) is 0 Å². The molecule has 1 saturated carbocycles. The van der Waals surface area contributed by atoms with E-state index in [4.69, 9.17) is 5.73 Å². The number of nitrogens with zero attached hydrogens (tertiary/aromatic N) is 2. The van der Waals surface area contributed by atoms with Gasteiger partial charge in [0.15, 0.2) is 0 Å². The first-order valence-corrected chi connectivity index (χ1v) is 7.65. The highest BCUT2D eigenvalue weighted by Gasteiger charge is 2.28. The van der Waals surface area contributed by atoms with Gasteiger partial charge in [0.1, 0.15) is 0 Å². The molecule has 2 N–H and O–H groups in total. The minimum Gasteiger partial charge on any atom is -0.398 e. The number of hydrogen-bond acceptors (Lipinski definition) is 3. The van der Waals surface area contributed by atoms with Crippen molar-refractivity contribution < 1.29 is 0 Å². The Morgan fingerprint density at radius 2 is 2.15 bits per heavy atom. The van der Waals surface area contributed by atoms with Crippen LogP contribution in [0.5, 0.6) is 0 Å². The third-order valence-electron chi connectivity index (χ3n) is 4.12. The Hall–Kier alpha value is -1.61. The number of anilines is 1. The number of hydrogen-bond donors (Lipinski definition) is 1. The molecule has 106 valence electrons. The van der Waals surface area contributed by atoms with Crippen LogP contribution in [-0.4, -0.2) is 22.5 Å². The summed E-state index contributed by atoms with van der Waals surface area (Å²) in [5.41, 5.74) is 9.25. The lowest BCUT2D eigenvalue weighted by Gasteiger charge is -2.22. The van der Waals surface area contributed by atoms with Gasteiger partial charge in [0.25, 0.3) is 0 Å². The summed E-state index contributed by atoms with van der Waals surface area (Å²) < 4.78 is 0. The SMILES string of the molecule is CCCCN(Cc1ccc(N)c2cccnc12)C1CC1. The molecule has 2 aromatic rings. The van der Waals surface area contributed by atoms with Gasteiger partial charge < -0.3 is 5.73 Å². The number of fused-ring (bicyclic) bond motifs is 1. The van der Waals surface area contributed by atoms with Crippen molar-refractivity contribution in [3.63, 3.8) is 0 Å². The van der Waals surface area contributed by atoms with Gasteiger partial charge in [0.2, 0.25) is 0 Å². The predicted octanol–water partition coefficient (Wildman–Crippen LogP) is 3.58. The number of rotatable bonds is 6. The summed E-state index contributed by atoms with van der Waals surface area (Å²) in [5.74, 6) is 0. The van der Waals surface area contributed by atoms with Crippen LogP contribution >= 0.6 is 0 Å². The molecule has 20 heavy (non-hydrogen) atoms. The molecule has 0 bridgehead atoms. The summed E-state index contributed by atoms with van der Waals surface area (Å²) >= 11 is 0. The Morgan fingerprint density at radius 3 is 2.90 bits per heavy atom. The molecule has 0 saturated heterocycles. The summed E-state index contributed by atoms with van der Waals surface area (Å²) in [6.45, 7) is 4.45. The van der Waals surface area contributed by atoms with Crippen molar-refractivity contribution in [3.8, 4) is 0 Å². The quantitative estimate of drug-likeness (QED) is 0.815. The fraction of sp³-hybridized carbons (Fsp3) is 0.471. The maximum atomic E-state index is 6.05. The molecule has 3 heteroatoms. The molecule has 0 amide bonds. The smallest absolute Gasteiger partial charge is 0.0767 e. The van der Waals surface area contributed by atoms with Gasteiger partial charge in [-0.3, -0.25) is 9.88 Å². The maximum Gasteiger partial charge on any atom is 0.0767 e. The summed E-state index contributed by atoms with van der Waals surface area (Å²) in [6, 6.07) is 8.97. The Labute approximate surface area is 120 Å². The summed E-state index contributed by atoms with van der Waals surface area (Å²) in [6.07, 6.45) is 7.09. The van der Waals surface area contributed by atoms with E-state index in [1.165, 1.54) is 37.8 Å². The summed E-state index contributed by atoms with van der Waals surface area (Å²) in [4.78, 5) is 7.16. The van der Waals surface area contributed by atoms with E-state index in [1.807, 2.05) is 18.3 Å². The minimum absolute atomic E-state index is 0.790. The highest BCUT2D eigenvalue weighted by atomic mass is 15.2. The molecule has 0 aliphatic heterocycles. The largest absolute Gasteiger partial charge is 0.398 e. The van der Waals surface area contributed by atoms with Crippen molar-refractivity contribution in [1.29, 1.82) is 0 Å². The fourth-order valence-corrected chi connectivity index (χ4v) is 2.79. The van der Waals surface area contributed by atoms with Crippen LogP contribution in [0.3, 0.4) is 0 Å². The Bertz CT molecular complexity index is 590. The van der Waals surface area contributed by atoms with Crippen LogP contribution in [-0.2, 0) is 6.54 Å². The number of nitrogen functional groups attached to an aromatic ring is 1. The van der Waals surface area contributed by atoms with Gasteiger partial charge in [0.05, 0.1) is 5.52 Å². The van der Waals surface area contributed by atoms with E-state index in [9.17, 15) is 0 Å². The van der Waals surface area contributed by atoms with Crippen molar-refractivity contribution in [1.82, 2.24) is 9.88 Å². The van der Waals surface area contributed by atoms with E-state index in [0.717, 1.165) is 29.2 Å². The average Bonchev–Trinajstić information content (AvgIpc) is 3.31. The highest BCUT2D eigenvalue weighted by Crippen LogP contribution is 2.30. The average molecular weight is 269 g/mol. The molecule has 1 aromatic heterocycles. The first kappa shape index (κ1) is 13.4. The van der Waals surface area contributed by atoms with Gasteiger partial charge in [-0.25, -0.2) is 0 Å². The van der Waals surface area contributed by atoms with E-state index >= 15 is 0 Å². The monoisotopic (exact) mass is 269 g/mol. The second-order valence-electron chi connectivity index (χ2n) is 5.77. The van der Waals surface area contributed by atoms with Gasteiger partial charge in [-0.15, -0.1) is 0 Å². The van der Waals surface area contributed by atoms with Crippen molar-refractivity contribution in [2.75, 3.05) is 12.3 Å². The normalized spacial score (nSPS) is 15.1. The lowest BCUT2D eigenvalue weighted by atomic mass is 10.1. The van der Waals surface area contributed by atoms with Crippen LogP contribution in [0.1, 0.15) is 38.2 Å². The molecule has 0 unspecified atom stereocenters. The molecular weight excluding hydrogens is 246 g/mol. The lowest BCUT2D eigenvalue weighted by Crippen LogP contribution is -2.26. The van der Waals surface area contributed by atoms with Crippen molar-refractivity contribution in [3.05, 3.63) is 36.0 Å². The number of aromatic nitrogens is 1. The molecule has 0 radical (unpaired) electrons. The van der Waals surface area contributed by atoms with Crippen LogP contribution in [0.25, 0.3) is 10.9 Å². The van der Waals surface area contributed by atoms with Gasteiger partial charge in [-0.1, -0.05) is 19.4 Å². The van der Waals surface area contributed by atoms with E-state index in [2.05, 4.69) is 28.9 Å². The number of nitrogens with two attached hydrogens (primary N) is 1. The first-order chi connectivity index (χ1) is 9.79. The van der Waals surface area contributed by atoms with Gasteiger partial charge in [-0.2, -0.15) is 0 Å². The standard InChI is InChI=1S/C17H23N3/c1-2-3-11-20(14-7-8-14)12-13-6-9-16(18)15-5-4-10-19-17(13)15/h4-6,9-10,14H,2-3,7-8,11-12,18H2,1H3. The van der Waals surface area contributed by atoms with Crippen LogP contribution in [0.15, 0.2) is 30.5 Å². The maximum absolute atomic E-state index is 6.05. The van der Waals surface area contributed by atoms with Crippen molar-refractivity contribution >= 4 is 16.6 Å². The molecule has 1 fully saturated rings. The number of unbranched alkanes of at least 4 members (excludes halogenated alkanes) is 1. The first-order valence-electron chi connectivity index (χ1n) is 7.65. The van der Waals surface area contributed by atoms with Crippen LogP contribution in [0.2, 0.25) is 0 Å². The second-order valence-corrected chi connectivity index (χ2v) is 5.77. The minimum atomic E-state index is 0.790. The van der Waals surface area contributed by atoms with E-state index in [1.54, 1.807) is 0 Å². The fourth-order valence-electron chi connectivity index (χ4n) is 2.79. The van der Waals surface area contributed by atoms with E-state index in [0.29, 0.717) is 0 Å². The third-order valence-corrected chi connectivity index (χ3v) is 4.12. The Balaban J connectivity index is 1.87. The molecule has 1 heterocycles. The molecule has 0 spiro atoms. The zero-order valence-corrected chi connectivity index (χ0v) is 12.2. The van der Waals surface area contributed by atoms with E-state index < -0.39 is 0 Å². The van der Waals surface area contributed by atoms with Gasteiger partial charge in [0, 0.05) is 29.9 Å². The molecule has 0 atom stereocenters. The molecule has 1 aliphatic carbocycles. The zero-order valence-electron chi connectivity index (χ0n) is 12.2.